The minimum absolute atomic E-state index is 1.04. The van der Waals surface area contributed by atoms with Crippen LogP contribution in [-0.4, -0.2) is 0 Å². The average Bonchev–Trinajstić information content (AvgIpc) is 2.04. The Morgan fingerprint density at radius 3 is 2.85 bits per heavy atom. The van der Waals surface area contributed by atoms with E-state index < -0.39 is 0 Å². The fourth-order valence-corrected chi connectivity index (χ4v) is 1.29. The molecule has 0 bridgehead atoms. The first-order valence-electron chi connectivity index (χ1n) is 4.74. The quantitative estimate of drug-likeness (QED) is 0.735. The van der Waals surface area contributed by atoms with E-state index in [9.17, 15) is 0 Å². The Kier molecular flexibility index (Phi) is 3.56. The van der Waals surface area contributed by atoms with Crippen LogP contribution in [0.2, 0.25) is 0 Å². The molecule has 1 aromatic carbocycles. The largest absolute Gasteiger partial charge is 0.359 e. The molecule has 1 rings (SSSR count). The minimum Gasteiger partial charge on any atom is -0.359 e. The van der Waals surface area contributed by atoms with Crippen LogP contribution in [0.4, 0.5) is 5.69 Å². The second-order valence-corrected chi connectivity index (χ2v) is 3.35. The van der Waals surface area contributed by atoms with E-state index in [0.29, 0.717) is 0 Å². The number of allylic oxidation sites excluding steroid dienone is 1. The summed E-state index contributed by atoms with van der Waals surface area (Å²) in [5.74, 6) is 0. The summed E-state index contributed by atoms with van der Waals surface area (Å²) >= 11 is 0. The first-order chi connectivity index (χ1) is 6.22. The second kappa shape index (κ2) is 4.70. The molecule has 13 heavy (non-hydrogen) atoms. The van der Waals surface area contributed by atoms with Gasteiger partial charge < -0.3 is 5.32 Å². The molecule has 1 nitrogen and oxygen atoms in total. The van der Waals surface area contributed by atoms with Gasteiger partial charge in [-0.1, -0.05) is 32.1 Å². The molecule has 1 heteroatoms. The minimum atomic E-state index is 1.04. The zero-order valence-electron chi connectivity index (χ0n) is 8.43. The zero-order chi connectivity index (χ0) is 9.68. The smallest absolute Gasteiger partial charge is 0.0384 e. The molecule has 1 N–H and O–H groups in total. The molecule has 70 valence electrons. The molecule has 0 atom stereocenters. The van der Waals surface area contributed by atoms with Crippen molar-refractivity contribution in [3.8, 4) is 0 Å². The van der Waals surface area contributed by atoms with Crippen molar-refractivity contribution in [2.75, 3.05) is 5.32 Å². The Balaban J connectivity index is 2.58. The van der Waals surface area contributed by atoms with Crippen LogP contribution in [0, 0.1) is 6.92 Å². The third-order valence-corrected chi connectivity index (χ3v) is 1.89. The van der Waals surface area contributed by atoms with E-state index in [1.165, 1.54) is 5.56 Å². The highest BCUT2D eigenvalue weighted by atomic mass is 14.9. The van der Waals surface area contributed by atoms with Crippen molar-refractivity contribution in [2.45, 2.75) is 26.7 Å². The molecule has 0 aliphatic carbocycles. The maximum Gasteiger partial charge on any atom is 0.0384 e. The fraction of sp³-hybridized carbons (Fsp3) is 0.333. The van der Waals surface area contributed by atoms with Gasteiger partial charge in [-0.05, 0) is 31.0 Å². The maximum absolute atomic E-state index is 3.96. The van der Waals surface area contributed by atoms with Gasteiger partial charge in [-0.2, -0.15) is 0 Å². The zero-order valence-corrected chi connectivity index (χ0v) is 8.43. The van der Waals surface area contributed by atoms with Crippen molar-refractivity contribution in [1.82, 2.24) is 0 Å². The molecular weight excluding hydrogens is 158 g/mol. The van der Waals surface area contributed by atoms with Crippen LogP contribution in [0.5, 0.6) is 0 Å². The SMILES string of the molecule is C=C(CCC)Nc1cccc(C)c1. The third kappa shape index (κ3) is 3.32. The Bertz CT molecular complexity index is 289. The van der Waals surface area contributed by atoms with Gasteiger partial charge >= 0.3 is 0 Å². The van der Waals surface area contributed by atoms with Gasteiger partial charge in [0.2, 0.25) is 0 Å². The lowest BCUT2D eigenvalue weighted by Crippen LogP contribution is -1.97. The molecule has 0 saturated carbocycles. The van der Waals surface area contributed by atoms with Gasteiger partial charge in [-0.15, -0.1) is 0 Å². The van der Waals surface area contributed by atoms with Crippen LogP contribution >= 0.6 is 0 Å². The normalized spacial score (nSPS) is 9.69. The molecule has 0 heterocycles. The lowest BCUT2D eigenvalue weighted by molar-refractivity contribution is 0.913. The van der Waals surface area contributed by atoms with Gasteiger partial charge in [0.05, 0.1) is 0 Å². The van der Waals surface area contributed by atoms with Gasteiger partial charge in [0.1, 0.15) is 0 Å². The average molecular weight is 175 g/mol. The summed E-state index contributed by atoms with van der Waals surface area (Å²) in [6.45, 7) is 8.21. The molecule has 0 fully saturated rings. The van der Waals surface area contributed by atoms with Crippen molar-refractivity contribution < 1.29 is 0 Å². The third-order valence-electron chi connectivity index (χ3n) is 1.89. The van der Waals surface area contributed by atoms with Crippen LogP contribution in [0.25, 0.3) is 0 Å². The summed E-state index contributed by atoms with van der Waals surface area (Å²) in [6.07, 6.45) is 2.17. The van der Waals surface area contributed by atoms with Crippen molar-refractivity contribution in [1.29, 1.82) is 0 Å². The number of hydrogen-bond acceptors (Lipinski definition) is 1. The van der Waals surface area contributed by atoms with Gasteiger partial charge in [-0.25, -0.2) is 0 Å². The van der Waals surface area contributed by atoms with Crippen LogP contribution < -0.4 is 5.32 Å². The summed E-state index contributed by atoms with van der Waals surface area (Å²) in [7, 11) is 0. The fourth-order valence-electron chi connectivity index (χ4n) is 1.29. The molecule has 0 radical (unpaired) electrons. The molecule has 0 saturated heterocycles. The van der Waals surface area contributed by atoms with Crippen molar-refractivity contribution in [3.05, 3.63) is 42.1 Å². The predicted molar refractivity (Wildman–Crippen MR) is 58.8 cm³/mol. The standard InChI is InChI=1S/C12H17N/c1-4-6-11(3)13-12-8-5-7-10(2)9-12/h5,7-9,13H,3-4,6H2,1-2H3. The van der Waals surface area contributed by atoms with Crippen LogP contribution in [0.1, 0.15) is 25.3 Å². The second-order valence-electron chi connectivity index (χ2n) is 3.35. The summed E-state index contributed by atoms with van der Waals surface area (Å²) < 4.78 is 0. The summed E-state index contributed by atoms with van der Waals surface area (Å²) in [6, 6.07) is 8.33. The Morgan fingerprint density at radius 1 is 1.46 bits per heavy atom. The summed E-state index contributed by atoms with van der Waals surface area (Å²) in [4.78, 5) is 0. The molecule has 0 unspecified atom stereocenters. The number of nitrogens with one attached hydrogen (secondary N) is 1. The number of benzene rings is 1. The van der Waals surface area contributed by atoms with E-state index in [4.69, 9.17) is 0 Å². The first kappa shape index (κ1) is 9.85. The Labute approximate surface area is 80.5 Å². The molecule has 0 spiro atoms. The topological polar surface area (TPSA) is 12.0 Å². The number of aryl methyl sites for hydroxylation is 1. The lowest BCUT2D eigenvalue weighted by atomic mass is 10.2. The van der Waals surface area contributed by atoms with E-state index in [0.717, 1.165) is 24.2 Å². The van der Waals surface area contributed by atoms with E-state index in [1.54, 1.807) is 0 Å². The van der Waals surface area contributed by atoms with Gasteiger partial charge in [0.15, 0.2) is 0 Å². The molecule has 0 aliphatic heterocycles. The highest BCUT2D eigenvalue weighted by Crippen LogP contribution is 2.13. The van der Waals surface area contributed by atoms with E-state index in [1.807, 2.05) is 0 Å². The van der Waals surface area contributed by atoms with Crippen LogP contribution in [0.15, 0.2) is 36.5 Å². The summed E-state index contributed by atoms with van der Waals surface area (Å²) in [5.41, 5.74) is 3.50. The maximum atomic E-state index is 3.96. The van der Waals surface area contributed by atoms with E-state index in [2.05, 4.69) is 50.0 Å². The van der Waals surface area contributed by atoms with Crippen LogP contribution in [-0.2, 0) is 0 Å². The lowest BCUT2D eigenvalue weighted by Gasteiger charge is -2.08. The molecule has 0 amide bonds. The number of rotatable bonds is 4. The molecule has 0 aliphatic rings. The monoisotopic (exact) mass is 175 g/mol. The number of hydrogen-bond donors (Lipinski definition) is 1. The van der Waals surface area contributed by atoms with Crippen molar-refractivity contribution >= 4 is 5.69 Å². The Morgan fingerprint density at radius 2 is 2.23 bits per heavy atom. The van der Waals surface area contributed by atoms with E-state index in [-0.39, 0.29) is 0 Å². The number of anilines is 1. The van der Waals surface area contributed by atoms with Gasteiger partial charge in [0.25, 0.3) is 0 Å². The van der Waals surface area contributed by atoms with Gasteiger partial charge in [-0.3, -0.25) is 0 Å². The first-order valence-corrected chi connectivity index (χ1v) is 4.74. The van der Waals surface area contributed by atoms with Crippen LogP contribution in [0.3, 0.4) is 0 Å². The highest BCUT2D eigenvalue weighted by molar-refractivity contribution is 5.49. The van der Waals surface area contributed by atoms with E-state index >= 15 is 0 Å². The van der Waals surface area contributed by atoms with Crippen molar-refractivity contribution in [3.63, 3.8) is 0 Å². The van der Waals surface area contributed by atoms with Gasteiger partial charge in [0, 0.05) is 11.4 Å². The highest BCUT2D eigenvalue weighted by Gasteiger charge is 1.94. The van der Waals surface area contributed by atoms with Crippen molar-refractivity contribution in [2.24, 2.45) is 0 Å². The molecule has 0 aromatic heterocycles. The predicted octanol–water partition coefficient (Wildman–Crippen LogP) is 3.72. The molecular formula is C12H17N. The molecule has 1 aromatic rings. The summed E-state index contributed by atoms with van der Waals surface area (Å²) in [5, 5.41) is 3.29. The Hall–Kier alpha value is -1.24.